The Morgan fingerprint density at radius 2 is 1.70 bits per heavy atom. The van der Waals surface area contributed by atoms with E-state index < -0.39 is 11.7 Å². The van der Waals surface area contributed by atoms with Gasteiger partial charge >= 0.3 is 6.03 Å². The number of amides is 3. The molecule has 0 radical (unpaired) electrons. The van der Waals surface area contributed by atoms with Gasteiger partial charge < -0.3 is 24.8 Å². The van der Waals surface area contributed by atoms with Gasteiger partial charge in [0, 0.05) is 49.7 Å². The molecule has 3 heterocycles. The number of halogens is 1. The summed E-state index contributed by atoms with van der Waals surface area (Å²) >= 11 is 0. The molecule has 0 aliphatic carbocycles. The minimum absolute atomic E-state index is 0.212. The summed E-state index contributed by atoms with van der Waals surface area (Å²) in [6.45, 7) is 1.25. The molecule has 3 amide bonds. The molecular weight excluding hydrogens is 425 g/mol. The molecule has 2 aliphatic heterocycles. The third kappa shape index (κ3) is 4.31. The summed E-state index contributed by atoms with van der Waals surface area (Å²) in [4.78, 5) is 31.8. The lowest BCUT2D eigenvalue weighted by atomic mass is 9.88. The largest absolute Gasteiger partial charge is 0.352 e. The predicted molar refractivity (Wildman–Crippen MR) is 120 cm³/mol. The lowest BCUT2D eigenvalue weighted by Crippen LogP contribution is -2.54. The summed E-state index contributed by atoms with van der Waals surface area (Å²) in [6.07, 6.45) is 3.92. The second kappa shape index (κ2) is 8.67. The van der Waals surface area contributed by atoms with Gasteiger partial charge in [0.2, 0.25) is 0 Å². The first-order valence-electron chi connectivity index (χ1n) is 10.9. The maximum absolute atomic E-state index is 13.1. The van der Waals surface area contributed by atoms with E-state index in [9.17, 15) is 14.0 Å². The summed E-state index contributed by atoms with van der Waals surface area (Å²) in [5.41, 5.74) is 0.500. The molecule has 2 aromatic carbocycles. The number of carbonyl (C=O) groups is 2. The fourth-order valence-electron chi connectivity index (χ4n) is 4.43. The van der Waals surface area contributed by atoms with Crippen LogP contribution >= 0.6 is 0 Å². The number of piperidine rings is 1. The van der Waals surface area contributed by atoms with Gasteiger partial charge in [0.25, 0.3) is 5.91 Å². The highest BCUT2D eigenvalue weighted by Crippen LogP contribution is 2.40. The van der Waals surface area contributed by atoms with E-state index in [-0.39, 0.29) is 17.8 Å². The number of benzene rings is 2. The summed E-state index contributed by atoms with van der Waals surface area (Å²) in [6, 6.07) is 14.7. The van der Waals surface area contributed by atoms with Crippen LogP contribution in [0, 0.1) is 5.82 Å². The molecule has 170 valence electrons. The van der Waals surface area contributed by atoms with Crippen molar-refractivity contribution in [2.75, 3.05) is 23.7 Å². The van der Waals surface area contributed by atoms with Gasteiger partial charge in [-0.25, -0.2) is 14.2 Å². The first-order valence-corrected chi connectivity index (χ1v) is 10.9. The summed E-state index contributed by atoms with van der Waals surface area (Å²) < 4.78 is 21.5. The second-order valence-corrected chi connectivity index (χ2v) is 8.28. The Labute approximate surface area is 190 Å². The smallest absolute Gasteiger partial charge is 0.321 e. The lowest BCUT2D eigenvalue weighted by Gasteiger charge is -2.45. The monoisotopic (exact) mass is 449 g/mol. The molecule has 2 N–H and O–H groups in total. The number of urea groups is 1. The number of fused-ring (bicyclic) bond motifs is 2. The van der Waals surface area contributed by atoms with E-state index in [1.54, 1.807) is 11.1 Å². The number of nitrogens with zero attached hydrogens (tertiary/aromatic N) is 3. The zero-order valence-corrected chi connectivity index (χ0v) is 17.9. The quantitative estimate of drug-likeness (QED) is 0.640. The molecule has 2 aliphatic rings. The van der Waals surface area contributed by atoms with Crippen LogP contribution in [0.2, 0.25) is 0 Å². The zero-order chi connectivity index (χ0) is 22.8. The predicted octanol–water partition coefficient (Wildman–Crippen LogP) is 3.58. The average molecular weight is 449 g/mol. The highest BCUT2D eigenvalue weighted by Gasteiger charge is 2.47. The number of imidazole rings is 1. The van der Waals surface area contributed by atoms with E-state index in [0.29, 0.717) is 43.9 Å². The van der Waals surface area contributed by atoms with Gasteiger partial charge in [-0.2, -0.15) is 0 Å². The van der Waals surface area contributed by atoms with Crippen LogP contribution in [0.4, 0.5) is 20.6 Å². The van der Waals surface area contributed by atoms with Gasteiger partial charge in [-0.15, -0.1) is 0 Å². The Kier molecular flexibility index (Phi) is 5.55. The Morgan fingerprint density at radius 1 is 1.00 bits per heavy atom. The number of likely N-dealkylation sites (tertiary alicyclic amines) is 1. The summed E-state index contributed by atoms with van der Waals surface area (Å²) in [7, 11) is 0. The van der Waals surface area contributed by atoms with E-state index in [1.165, 1.54) is 24.3 Å². The van der Waals surface area contributed by atoms with Gasteiger partial charge in [-0.05, 0) is 36.4 Å². The minimum atomic E-state index is -0.743. The number of para-hydroxylation sites is 1. The molecule has 1 fully saturated rings. The Morgan fingerprint density at radius 3 is 2.42 bits per heavy atom. The molecule has 3 aromatic rings. The highest BCUT2D eigenvalue weighted by atomic mass is 19.1. The van der Waals surface area contributed by atoms with Crippen molar-refractivity contribution in [2.45, 2.75) is 31.1 Å². The van der Waals surface area contributed by atoms with Gasteiger partial charge in [-0.1, -0.05) is 18.2 Å². The van der Waals surface area contributed by atoms with E-state index in [0.717, 1.165) is 5.82 Å². The molecule has 1 unspecified atom stereocenters. The highest BCUT2D eigenvalue weighted by molar-refractivity contribution is 5.94. The van der Waals surface area contributed by atoms with Crippen molar-refractivity contribution in [3.05, 3.63) is 78.6 Å². The first kappa shape index (κ1) is 21.1. The molecular formula is C24H24FN5O3. The summed E-state index contributed by atoms with van der Waals surface area (Å²) in [5, 5.41) is 5.71. The molecule has 33 heavy (non-hydrogen) atoms. The van der Waals surface area contributed by atoms with Crippen molar-refractivity contribution in [1.29, 1.82) is 0 Å². The van der Waals surface area contributed by atoms with Gasteiger partial charge in [-0.3, -0.25) is 4.79 Å². The second-order valence-electron chi connectivity index (χ2n) is 8.28. The van der Waals surface area contributed by atoms with Crippen molar-refractivity contribution < 1.29 is 18.7 Å². The van der Waals surface area contributed by atoms with Crippen LogP contribution in [0.1, 0.15) is 18.7 Å². The normalized spacial score (nSPS) is 19.1. The van der Waals surface area contributed by atoms with Crippen LogP contribution in [0.5, 0.6) is 0 Å². The third-order valence-corrected chi connectivity index (χ3v) is 6.14. The minimum Gasteiger partial charge on any atom is -0.352 e. The van der Waals surface area contributed by atoms with Crippen molar-refractivity contribution >= 4 is 23.3 Å². The van der Waals surface area contributed by atoms with Gasteiger partial charge in [0.15, 0.2) is 6.10 Å². The van der Waals surface area contributed by atoms with Crippen molar-refractivity contribution in [3.63, 3.8) is 0 Å². The number of nitrogens with one attached hydrogen (secondary N) is 2. The van der Waals surface area contributed by atoms with E-state index in [4.69, 9.17) is 4.74 Å². The number of anilines is 2. The molecule has 0 saturated carbocycles. The maximum Gasteiger partial charge on any atom is 0.321 e. The molecule has 1 saturated heterocycles. The number of aromatic nitrogens is 2. The fourth-order valence-corrected chi connectivity index (χ4v) is 4.43. The van der Waals surface area contributed by atoms with E-state index >= 15 is 0 Å². The van der Waals surface area contributed by atoms with E-state index in [1.807, 2.05) is 41.1 Å². The zero-order valence-electron chi connectivity index (χ0n) is 17.9. The molecule has 0 bridgehead atoms. The first-order chi connectivity index (χ1) is 16.0. The number of carbonyl (C=O) groups excluding carboxylic acids is 2. The van der Waals surface area contributed by atoms with E-state index in [2.05, 4.69) is 15.6 Å². The number of rotatable bonds is 3. The number of ether oxygens (including phenoxy) is 1. The van der Waals surface area contributed by atoms with Crippen LogP contribution in [-0.2, 0) is 21.7 Å². The lowest BCUT2D eigenvalue weighted by molar-refractivity contribution is -0.167. The van der Waals surface area contributed by atoms with Gasteiger partial charge in [0.05, 0.1) is 6.54 Å². The molecule has 1 atom stereocenters. The third-order valence-electron chi connectivity index (χ3n) is 6.14. The van der Waals surface area contributed by atoms with Crippen LogP contribution in [0.15, 0.2) is 67.0 Å². The maximum atomic E-state index is 13.1. The molecule has 8 nitrogen and oxygen atoms in total. The van der Waals surface area contributed by atoms with Crippen LogP contribution in [0.25, 0.3) is 0 Å². The van der Waals surface area contributed by atoms with Gasteiger partial charge in [0.1, 0.15) is 17.2 Å². The molecule has 5 rings (SSSR count). The standard InChI is InChI=1S/C24H24FN5O3/c25-17-6-8-19(9-7-17)28-23(32)29-13-10-24(11-14-29)22-26-12-15-30(22)16-20(33-24)21(31)27-18-4-2-1-3-5-18/h1-9,12,15,20H,10-11,13-14,16H2,(H,27,31)(H,28,32). The molecule has 9 heteroatoms. The number of hydrogen-bond acceptors (Lipinski definition) is 4. The Hall–Kier alpha value is -3.72. The van der Waals surface area contributed by atoms with Crippen LogP contribution < -0.4 is 10.6 Å². The van der Waals surface area contributed by atoms with Crippen molar-refractivity contribution in [2.24, 2.45) is 0 Å². The fraction of sp³-hybridized carbons (Fsp3) is 0.292. The number of hydrogen-bond donors (Lipinski definition) is 2. The van der Waals surface area contributed by atoms with Crippen LogP contribution in [0.3, 0.4) is 0 Å². The van der Waals surface area contributed by atoms with Crippen LogP contribution in [-0.4, -0.2) is 45.6 Å². The topological polar surface area (TPSA) is 88.5 Å². The average Bonchev–Trinajstić information content (AvgIpc) is 3.31. The summed E-state index contributed by atoms with van der Waals surface area (Å²) in [5.74, 6) is 0.213. The molecule has 1 spiro atoms. The SMILES string of the molecule is O=C(Nc1ccccc1)C1Cn2ccnc2C2(CCN(C(=O)Nc3ccc(F)cc3)CC2)O1. The Balaban J connectivity index is 1.27. The van der Waals surface area contributed by atoms with Crippen molar-refractivity contribution in [1.82, 2.24) is 14.5 Å². The molecule has 1 aromatic heterocycles. The Bertz CT molecular complexity index is 1140. The van der Waals surface area contributed by atoms with Crippen molar-refractivity contribution in [3.8, 4) is 0 Å².